The van der Waals surface area contributed by atoms with Crippen molar-refractivity contribution in [3.8, 4) is 0 Å². The van der Waals surface area contributed by atoms with Gasteiger partial charge in [-0.05, 0) is 25.5 Å². The zero-order valence-corrected chi connectivity index (χ0v) is 13.0. The molecule has 0 saturated carbocycles. The summed E-state index contributed by atoms with van der Waals surface area (Å²) in [7, 11) is 3.13. The molecule has 4 nitrogen and oxygen atoms in total. The first kappa shape index (κ1) is 16.6. The van der Waals surface area contributed by atoms with Crippen molar-refractivity contribution in [1.29, 1.82) is 0 Å². The molecule has 0 heterocycles. The van der Waals surface area contributed by atoms with Crippen LogP contribution >= 0.6 is 11.8 Å². The number of thioether (sulfide) groups is 1. The molecule has 0 atom stereocenters. The lowest BCUT2D eigenvalue weighted by Crippen LogP contribution is -2.29. The van der Waals surface area contributed by atoms with E-state index in [9.17, 15) is 9.59 Å². The van der Waals surface area contributed by atoms with E-state index in [2.05, 4.69) is 4.74 Å². The molecule has 1 aromatic carbocycles. The zero-order chi connectivity index (χ0) is 15.0. The number of methoxy groups -OCH3 is 1. The molecule has 0 bridgehead atoms. The summed E-state index contributed by atoms with van der Waals surface area (Å²) in [5.74, 6) is 0.248. The minimum Gasteiger partial charge on any atom is -0.469 e. The number of aryl methyl sites for hydroxylation is 1. The number of ether oxygens (including phenoxy) is 1. The van der Waals surface area contributed by atoms with Gasteiger partial charge in [-0.25, -0.2) is 0 Å². The van der Waals surface area contributed by atoms with E-state index < -0.39 is 0 Å². The summed E-state index contributed by atoms with van der Waals surface area (Å²) in [4.78, 5) is 25.6. The zero-order valence-electron chi connectivity index (χ0n) is 12.2. The second-order valence-corrected chi connectivity index (χ2v) is 5.65. The van der Waals surface area contributed by atoms with E-state index in [-0.39, 0.29) is 11.9 Å². The summed E-state index contributed by atoms with van der Waals surface area (Å²) in [6.45, 7) is 2.61. The number of rotatable bonds is 7. The highest BCUT2D eigenvalue weighted by atomic mass is 32.2. The van der Waals surface area contributed by atoms with E-state index in [1.165, 1.54) is 24.4 Å². The lowest BCUT2D eigenvalue weighted by Gasteiger charge is -2.16. The van der Waals surface area contributed by atoms with E-state index in [0.717, 1.165) is 4.90 Å². The number of carbonyl (C=O) groups excluding carboxylic acids is 2. The molecule has 5 heteroatoms. The fraction of sp³-hybridized carbons (Fsp3) is 0.467. The first-order valence-electron chi connectivity index (χ1n) is 6.53. The van der Waals surface area contributed by atoms with Gasteiger partial charge in [-0.3, -0.25) is 9.59 Å². The minimum atomic E-state index is -0.236. The predicted molar refractivity (Wildman–Crippen MR) is 80.8 cm³/mol. The van der Waals surface area contributed by atoms with Crippen molar-refractivity contribution in [2.45, 2.75) is 24.7 Å². The molecule has 110 valence electrons. The van der Waals surface area contributed by atoms with Crippen molar-refractivity contribution in [3.05, 3.63) is 29.8 Å². The molecular weight excluding hydrogens is 274 g/mol. The van der Waals surface area contributed by atoms with E-state index in [0.29, 0.717) is 25.1 Å². The fourth-order valence-corrected chi connectivity index (χ4v) is 2.42. The molecule has 1 amide bonds. The smallest absolute Gasteiger partial charge is 0.305 e. The highest BCUT2D eigenvalue weighted by Gasteiger charge is 2.10. The Morgan fingerprint density at radius 3 is 2.50 bits per heavy atom. The molecule has 1 aromatic rings. The van der Waals surface area contributed by atoms with Crippen molar-refractivity contribution < 1.29 is 14.3 Å². The van der Waals surface area contributed by atoms with Crippen molar-refractivity contribution in [2.75, 3.05) is 26.5 Å². The number of benzene rings is 1. The monoisotopic (exact) mass is 295 g/mol. The van der Waals surface area contributed by atoms with Gasteiger partial charge in [-0.2, -0.15) is 0 Å². The Hall–Kier alpha value is -1.49. The number of amides is 1. The quantitative estimate of drug-likeness (QED) is 0.573. The van der Waals surface area contributed by atoms with Crippen LogP contribution in [0.4, 0.5) is 0 Å². The maximum atomic E-state index is 11.9. The molecule has 0 N–H and O–H groups in total. The molecule has 0 aliphatic carbocycles. The molecular formula is C15H21NO3S. The minimum absolute atomic E-state index is 0.0699. The third kappa shape index (κ3) is 6.10. The van der Waals surface area contributed by atoms with Crippen LogP contribution in [0.1, 0.15) is 18.4 Å². The van der Waals surface area contributed by atoms with Gasteiger partial charge in [0.2, 0.25) is 5.91 Å². The molecule has 0 fully saturated rings. The fourth-order valence-electron chi connectivity index (χ4n) is 1.58. The summed E-state index contributed by atoms with van der Waals surface area (Å²) in [6, 6.07) is 8.11. The van der Waals surface area contributed by atoms with Crippen molar-refractivity contribution in [2.24, 2.45) is 0 Å². The Morgan fingerprint density at radius 2 is 1.90 bits per heavy atom. The predicted octanol–water partition coefficient (Wildman–Crippen LogP) is 2.50. The number of esters is 1. The Kier molecular flexibility index (Phi) is 7.15. The second-order valence-electron chi connectivity index (χ2n) is 4.60. The van der Waals surface area contributed by atoms with Gasteiger partial charge in [0.25, 0.3) is 0 Å². The molecule has 0 radical (unpaired) electrons. The Morgan fingerprint density at radius 1 is 1.25 bits per heavy atom. The van der Waals surface area contributed by atoms with Crippen LogP contribution in [-0.4, -0.2) is 43.2 Å². The lowest BCUT2D eigenvalue weighted by molar-refractivity contribution is -0.141. The molecule has 0 aliphatic heterocycles. The van der Waals surface area contributed by atoms with Gasteiger partial charge < -0.3 is 9.64 Å². The second kappa shape index (κ2) is 8.64. The maximum Gasteiger partial charge on any atom is 0.305 e. The Bertz CT molecular complexity index is 445. The third-order valence-electron chi connectivity index (χ3n) is 2.91. The number of hydrogen-bond donors (Lipinski definition) is 0. The average molecular weight is 295 g/mol. The van der Waals surface area contributed by atoms with Gasteiger partial charge in [0.15, 0.2) is 0 Å². The van der Waals surface area contributed by atoms with Crippen LogP contribution in [0.25, 0.3) is 0 Å². The summed E-state index contributed by atoms with van der Waals surface area (Å²) in [5.41, 5.74) is 1.21. The van der Waals surface area contributed by atoms with Gasteiger partial charge in [-0.15, -0.1) is 11.8 Å². The first-order valence-corrected chi connectivity index (χ1v) is 7.51. The van der Waals surface area contributed by atoms with Crippen LogP contribution in [0.2, 0.25) is 0 Å². The average Bonchev–Trinajstić information content (AvgIpc) is 2.45. The third-order valence-corrected chi connectivity index (χ3v) is 3.91. The summed E-state index contributed by atoms with van der Waals surface area (Å²) >= 11 is 1.53. The molecule has 1 rings (SSSR count). The van der Waals surface area contributed by atoms with Gasteiger partial charge in [-0.1, -0.05) is 17.7 Å². The largest absolute Gasteiger partial charge is 0.469 e. The first-order chi connectivity index (χ1) is 9.52. The van der Waals surface area contributed by atoms with Gasteiger partial charge in [0, 0.05) is 24.9 Å². The molecule has 20 heavy (non-hydrogen) atoms. The highest BCUT2D eigenvalue weighted by Crippen LogP contribution is 2.18. The molecule has 0 spiro atoms. The van der Waals surface area contributed by atoms with Crippen LogP contribution in [0.3, 0.4) is 0 Å². The van der Waals surface area contributed by atoms with Crippen molar-refractivity contribution >= 4 is 23.6 Å². The number of hydrogen-bond acceptors (Lipinski definition) is 4. The van der Waals surface area contributed by atoms with Crippen molar-refractivity contribution in [1.82, 2.24) is 4.90 Å². The standard InChI is InChI=1S/C15H21NO3S/c1-12-6-8-13(9-7-12)20-11-14(17)16(2)10-4-5-15(18)19-3/h6-9H,4-5,10-11H2,1-3H3. The number of carbonyl (C=O) groups is 2. The van der Waals surface area contributed by atoms with Gasteiger partial charge in [0.1, 0.15) is 0 Å². The van der Waals surface area contributed by atoms with Crippen LogP contribution in [0, 0.1) is 6.92 Å². The Labute approximate surface area is 124 Å². The summed E-state index contributed by atoms with van der Waals surface area (Å²) in [6.07, 6.45) is 0.976. The van der Waals surface area contributed by atoms with E-state index in [1.54, 1.807) is 11.9 Å². The molecule has 0 aromatic heterocycles. The van der Waals surface area contributed by atoms with Crippen LogP contribution in [-0.2, 0) is 14.3 Å². The van der Waals surface area contributed by atoms with E-state index in [4.69, 9.17) is 0 Å². The molecule has 0 aliphatic rings. The van der Waals surface area contributed by atoms with Crippen LogP contribution < -0.4 is 0 Å². The van der Waals surface area contributed by atoms with Gasteiger partial charge >= 0.3 is 5.97 Å². The van der Waals surface area contributed by atoms with Gasteiger partial charge in [0.05, 0.1) is 12.9 Å². The van der Waals surface area contributed by atoms with Crippen molar-refractivity contribution in [3.63, 3.8) is 0 Å². The Balaban J connectivity index is 2.27. The summed E-state index contributed by atoms with van der Waals surface area (Å²) in [5, 5.41) is 0. The maximum absolute atomic E-state index is 11.9. The molecule has 0 unspecified atom stereocenters. The normalized spacial score (nSPS) is 10.2. The SMILES string of the molecule is COC(=O)CCCN(C)C(=O)CSc1ccc(C)cc1. The van der Waals surface area contributed by atoms with E-state index in [1.807, 2.05) is 31.2 Å². The van der Waals surface area contributed by atoms with Crippen LogP contribution in [0.5, 0.6) is 0 Å². The molecule has 0 saturated heterocycles. The lowest BCUT2D eigenvalue weighted by atomic mass is 10.2. The summed E-state index contributed by atoms with van der Waals surface area (Å²) < 4.78 is 4.56. The number of nitrogens with zero attached hydrogens (tertiary/aromatic N) is 1. The van der Waals surface area contributed by atoms with Crippen LogP contribution in [0.15, 0.2) is 29.2 Å². The topological polar surface area (TPSA) is 46.6 Å². The van der Waals surface area contributed by atoms with E-state index >= 15 is 0 Å². The highest BCUT2D eigenvalue weighted by molar-refractivity contribution is 8.00.